The first-order chi connectivity index (χ1) is 8.71. The van der Waals surface area contributed by atoms with Crippen LogP contribution in [0.2, 0.25) is 18.1 Å². The zero-order valence-corrected chi connectivity index (χ0v) is 14.2. The van der Waals surface area contributed by atoms with E-state index in [2.05, 4.69) is 45.9 Å². The van der Waals surface area contributed by atoms with Crippen LogP contribution in [0.25, 0.3) is 0 Å². The first kappa shape index (κ1) is 16.4. The standard InChI is InChI=1S/C14H28N2O2Si/c1-7-12-10-13(11-17)16(15-12)8-9-18-19(5,6)14(2,3)4/h10,17H,7-9,11H2,1-6H3. The van der Waals surface area contributed by atoms with Gasteiger partial charge in [0.1, 0.15) is 0 Å². The number of hydrogen-bond acceptors (Lipinski definition) is 3. The van der Waals surface area contributed by atoms with Crippen molar-refractivity contribution in [3.8, 4) is 0 Å². The Morgan fingerprint density at radius 3 is 2.47 bits per heavy atom. The topological polar surface area (TPSA) is 47.3 Å². The molecule has 0 aromatic carbocycles. The molecule has 0 radical (unpaired) electrons. The van der Waals surface area contributed by atoms with Gasteiger partial charge in [0, 0.05) is 0 Å². The summed E-state index contributed by atoms with van der Waals surface area (Å²) in [6.07, 6.45) is 0.892. The summed E-state index contributed by atoms with van der Waals surface area (Å²) in [6, 6.07) is 1.96. The largest absolute Gasteiger partial charge is 0.415 e. The minimum atomic E-state index is -1.69. The number of rotatable bonds is 6. The van der Waals surface area contributed by atoms with Crippen LogP contribution in [0.4, 0.5) is 0 Å². The van der Waals surface area contributed by atoms with Crippen molar-refractivity contribution >= 4 is 8.32 Å². The number of aryl methyl sites for hydroxylation is 1. The van der Waals surface area contributed by atoms with Crippen LogP contribution in [0.15, 0.2) is 6.07 Å². The van der Waals surface area contributed by atoms with Crippen molar-refractivity contribution in [1.29, 1.82) is 0 Å². The number of aliphatic hydroxyl groups excluding tert-OH is 1. The second-order valence-electron chi connectivity index (χ2n) is 6.47. The molecule has 1 heterocycles. The van der Waals surface area contributed by atoms with E-state index in [1.54, 1.807) is 0 Å². The normalized spacial score (nSPS) is 13.0. The highest BCUT2D eigenvalue weighted by molar-refractivity contribution is 6.74. The van der Waals surface area contributed by atoms with E-state index in [-0.39, 0.29) is 11.6 Å². The Bertz CT molecular complexity index is 408. The van der Waals surface area contributed by atoms with Crippen LogP contribution in [0, 0.1) is 0 Å². The highest BCUT2D eigenvalue weighted by atomic mass is 28.4. The van der Waals surface area contributed by atoms with Crippen molar-refractivity contribution in [3.63, 3.8) is 0 Å². The summed E-state index contributed by atoms with van der Waals surface area (Å²) in [5.41, 5.74) is 1.90. The fraction of sp³-hybridized carbons (Fsp3) is 0.786. The molecule has 110 valence electrons. The van der Waals surface area contributed by atoms with Gasteiger partial charge in [-0.05, 0) is 30.6 Å². The molecule has 1 rings (SSSR count). The van der Waals surface area contributed by atoms with Crippen molar-refractivity contribution < 1.29 is 9.53 Å². The quantitative estimate of drug-likeness (QED) is 0.817. The molecule has 0 spiro atoms. The van der Waals surface area contributed by atoms with E-state index in [4.69, 9.17) is 4.43 Å². The molecule has 1 aromatic heterocycles. The predicted molar refractivity (Wildman–Crippen MR) is 80.7 cm³/mol. The molecule has 0 aliphatic carbocycles. The highest BCUT2D eigenvalue weighted by Gasteiger charge is 2.36. The van der Waals surface area contributed by atoms with Gasteiger partial charge in [-0.15, -0.1) is 0 Å². The number of aliphatic hydroxyl groups is 1. The van der Waals surface area contributed by atoms with Crippen LogP contribution >= 0.6 is 0 Å². The third-order valence-electron chi connectivity index (χ3n) is 4.01. The molecule has 0 saturated carbocycles. The zero-order chi connectivity index (χ0) is 14.7. The Morgan fingerprint density at radius 1 is 1.37 bits per heavy atom. The number of hydrogen-bond donors (Lipinski definition) is 1. The fourth-order valence-electron chi connectivity index (χ4n) is 1.61. The molecule has 1 aromatic rings. The Hall–Kier alpha value is -0.653. The zero-order valence-electron chi connectivity index (χ0n) is 13.2. The van der Waals surface area contributed by atoms with E-state index in [0.717, 1.165) is 17.8 Å². The van der Waals surface area contributed by atoms with Gasteiger partial charge in [-0.1, -0.05) is 27.7 Å². The lowest BCUT2D eigenvalue weighted by Crippen LogP contribution is -2.41. The average Bonchev–Trinajstić information content (AvgIpc) is 2.70. The van der Waals surface area contributed by atoms with Gasteiger partial charge in [0.25, 0.3) is 0 Å². The van der Waals surface area contributed by atoms with E-state index >= 15 is 0 Å². The summed E-state index contributed by atoms with van der Waals surface area (Å²) in [5, 5.41) is 14.0. The molecule has 0 atom stereocenters. The Kier molecular flexibility index (Phi) is 5.35. The molecule has 0 aliphatic heterocycles. The maximum atomic E-state index is 9.32. The first-order valence-corrected chi connectivity index (χ1v) is 9.92. The van der Waals surface area contributed by atoms with Crippen molar-refractivity contribution in [3.05, 3.63) is 17.5 Å². The van der Waals surface area contributed by atoms with Crippen LogP contribution in [-0.2, 0) is 24.0 Å². The Morgan fingerprint density at radius 2 is 2.00 bits per heavy atom. The molecule has 19 heavy (non-hydrogen) atoms. The van der Waals surface area contributed by atoms with Crippen LogP contribution in [-0.4, -0.2) is 29.8 Å². The average molecular weight is 284 g/mol. The maximum Gasteiger partial charge on any atom is 0.192 e. The van der Waals surface area contributed by atoms with Crippen molar-refractivity contribution in [2.24, 2.45) is 0 Å². The third kappa shape index (κ3) is 4.16. The van der Waals surface area contributed by atoms with Crippen LogP contribution < -0.4 is 0 Å². The van der Waals surface area contributed by atoms with Crippen molar-refractivity contribution in [2.75, 3.05) is 6.61 Å². The molecule has 5 heteroatoms. The second-order valence-corrected chi connectivity index (χ2v) is 11.3. The summed E-state index contributed by atoms with van der Waals surface area (Å²) in [6.45, 7) is 14.7. The van der Waals surface area contributed by atoms with E-state index in [1.807, 2.05) is 10.7 Å². The van der Waals surface area contributed by atoms with Gasteiger partial charge in [-0.3, -0.25) is 4.68 Å². The van der Waals surface area contributed by atoms with Crippen LogP contribution in [0.1, 0.15) is 39.1 Å². The molecule has 0 unspecified atom stereocenters. The van der Waals surface area contributed by atoms with Gasteiger partial charge in [-0.25, -0.2) is 0 Å². The minimum absolute atomic E-state index is 0.0348. The fourth-order valence-corrected chi connectivity index (χ4v) is 2.65. The van der Waals surface area contributed by atoms with E-state index in [1.165, 1.54) is 0 Å². The lowest BCUT2D eigenvalue weighted by atomic mass is 10.2. The van der Waals surface area contributed by atoms with Gasteiger partial charge in [0.2, 0.25) is 0 Å². The second kappa shape index (κ2) is 6.20. The summed E-state index contributed by atoms with van der Waals surface area (Å²) in [7, 11) is -1.69. The highest BCUT2D eigenvalue weighted by Crippen LogP contribution is 2.36. The summed E-state index contributed by atoms with van der Waals surface area (Å²) in [4.78, 5) is 0. The Labute approximate surface area is 117 Å². The third-order valence-corrected chi connectivity index (χ3v) is 8.55. The van der Waals surface area contributed by atoms with Gasteiger partial charge in [0.05, 0.1) is 31.1 Å². The van der Waals surface area contributed by atoms with Crippen molar-refractivity contribution in [2.45, 2.75) is 65.4 Å². The van der Waals surface area contributed by atoms with E-state index in [0.29, 0.717) is 13.2 Å². The summed E-state index contributed by atoms with van der Waals surface area (Å²) in [5.74, 6) is 0. The van der Waals surface area contributed by atoms with Gasteiger partial charge >= 0.3 is 0 Å². The smallest absolute Gasteiger partial charge is 0.192 e. The van der Waals surface area contributed by atoms with Crippen LogP contribution in [0.5, 0.6) is 0 Å². The van der Waals surface area contributed by atoms with E-state index < -0.39 is 8.32 Å². The molecule has 4 nitrogen and oxygen atoms in total. The summed E-state index contributed by atoms with van der Waals surface area (Å²) >= 11 is 0. The first-order valence-electron chi connectivity index (χ1n) is 7.01. The van der Waals surface area contributed by atoms with Gasteiger partial charge in [0.15, 0.2) is 8.32 Å². The molecule has 0 fully saturated rings. The van der Waals surface area contributed by atoms with Crippen molar-refractivity contribution in [1.82, 2.24) is 9.78 Å². The number of aromatic nitrogens is 2. The molecular weight excluding hydrogens is 256 g/mol. The minimum Gasteiger partial charge on any atom is -0.415 e. The molecular formula is C14H28N2O2Si. The molecule has 0 bridgehead atoms. The molecule has 1 N–H and O–H groups in total. The SMILES string of the molecule is CCc1cc(CO)n(CCO[Si](C)(C)C(C)(C)C)n1. The molecule has 0 aliphatic rings. The maximum absolute atomic E-state index is 9.32. The lowest BCUT2D eigenvalue weighted by Gasteiger charge is -2.36. The summed E-state index contributed by atoms with van der Waals surface area (Å²) < 4.78 is 8.00. The van der Waals surface area contributed by atoms with E-state index in [9.17, 15) is 5.11 Å². The molecule has 0 amide bonds. The molecule has 0 saturated heterocycles. The van der Waals surface area contributed by atoms with Gasteiger partial charge in [-0.2, -0.15) is 5.10 Å². The monoisotopic (exact) mass is 284 g/mol. The lowest BCUT2D eigenvalue weighted by molar-refractivity contribution is 0.243. The Balaban J connectivity index is 2.60. The number of nitrogens with zero attached hydrogens (tertiary/aromatic N) is 2. The van der Waals surface area contributed by atoms with Crippen LogP contribution in [0.3, 0.4) is 0 Å². The predicted octanol–water partition coefficient (Wildman–Crippen LogP) is 2.96. The van der Waals surface area contributed by atoms with Gasteiger partial charge < -0.3 is 9.53 Å².